The number of amides is 1. The summed E-state index contributed by atoms with van der Waals surface area (Å²) in [6.07, 6.45) is 4.58. The van der Waals surface area contributed by atoms with Gasteiger partial charge in [-0.15, -0.1) is 0 Å². The van der Waals surface area contributed by atoms with Gasteiger partial charge in [-0.05, 0) is 38.0 Å². The zero-order chi connectivity index (χ0) is 14.7. The van der Waals surface area contributed by atoms with Crippen LogP contribution in [0, 0.1) is 0 Å². The number of nitrogens with two attached hydrogens (primary N) is 1. The molecule has 110 valence electrons. The summed E-state index contributed by atoms with van der Waals surface area (Å²) in [6.45, 7) is 1.88. The van der Waals surface area contributed by atoms with Gasteiger partial charge < -0.3 is 16.0 Å². The first-order valence-corrected chi connectivity index (χ1v) is 7.45. The van der Waals surface area contributed by atoms with E-state index in [4.69, 9.17) is 17.3 Å². The Morgan fingerprint density at radius 1 is 1.45 bits per heavy atom. The molecule has 1 fully saturated rings. The van der Waals surface area contributed by atoms with E-state index in [1.807, 2.05) is 18.9 Å². The molecular formula is C15H22ClN3O. The van der Waals surface area contributed by atoms with Crippen LogP contribution in [0.15, 0.2) is 18.2 Å². The van der Waals surface area contributed by atoms with Crippen molar-refractivity contribution in [1.82, 2.24) is 5.32 Å². The molecule has 1 aromatic carbocycles. The predicted octanol–water partition coefficient (Wildman–Crippen LogP) is 2.81. The Bertz CT molecular complexity index is 486. The third-order valence-electron chi connectivity index (χ3n) is 4.03. The Hall–Kier alpha value is -1.42. The second kappa shape index (κ2) is 6.35. The maximum absolute atomic E-state index is 12.3. The van der Waals surface area contributed by atoms with E-state index < -0.39 is 0 Å². The molecule has 20 heavy (non-hydrogen) atoms. The Kier molecular flexibility index (Phi) is 4.76. The lowest BCUT2D eigenvalue weighted by Gasteiger charge is -2.28. The first kappa shape index (κ1) is 15.0. The quantitative estimate of drug-likeness (QED) is 0.840. The summed E-state index contributed by atoms with van der Waals surface area (Å²) in [5.41, 5.74) is 7.37. The van der Waals surface area contributed by atoms with Crippen molar-refractivity contribution in [2.75, 3.05) is 17.7 Å². The van der Waals surface area contributed by atoms with Gasteiger partial charge in [0, 0.05) is 18.1 Å². The van der Waals surface area contributed by atoms with Gasteiger partial charge in [-0.3, -0.25) is 4.79 Å². The zero-order valence-electron chi connectivity index (χ0n) is 12.0. The van der Waals surface area contributed by atoms with Gasteiger partial charge in [-0.1, -0.05) is 24.4 Å². The number of carbonyl (C=O) groups excluding carboxylic acids is 1. The minimum atomic E-state index is -0.281. The molecule has 1 saturated carbocycles. The Labute approximate surface area is 125 Å². The highest BCUT2D eigenvalue weighted by Gasteiger charge is 2.24. The van der Waals surface area contributed by atoms with Crippen LogP contribution in [0.1, 0.15) is 32.6 Å². The standard InChI is InChI=1S/C15H22ClN3O/c1-10(15(20)18-12-5-3-4-6-12)19(2)14-9-11(16)7-8-13(14)17/h7-10,12H,3-6,17H2,1-2H3,(H,18,20). The van der Waals surface area contributed by atoms with Gasteiger partial charge in [-0.25, -0.2) is 0 Å². The van der Waals surface area contributed by atoms with E-state index >= 15 is 0 Å². The molecule has 0 bridgehead atoms. The number of anilines is 2. The van der Waals surface area contributed by atoms with Crippen LogP contribution in [0.3, 0.4) is 0 Å². The molecule has 0 saturated heterocycles. The van der Waals surface area contributed by atoms with Crippen LogP contribution in [0.2, 0.25) is 5.02 Å². The molecule has 4 nitrogen and oxygen atoms in total. The number of hydrogen-bond donors (Lipinski definition) is 2. The topological polar surface area (TPSA) is 58.4 Å². The van der Waals surface area contributed by atoms with Crippen molar-refractivity contribution in [2.24, 2.45) is 0 Å². The Morgan fingerprint density at radius 2 is 2.10 bits per heavy atom. The van der Waals surface area contributed by atoms with E-state index in [9.17, 15) is 4.79 Å². The zero-order valence-corrected chi connectivity index (χ0v) is 12.8. The van der Waals surface area contributed by atoms with Crippen LogP contribution in [-0.4, -0.2) is 25.0 Å². The maximum atomic E-state index is 12.3. The van der Waals surface area contributed by atoms with Crippen molar-refractivity contribution in [1.29, 1.82) is 0 Å². The van der Waals surface area contributed by atoms with Gasteiger partial charge in [0.05, 0.1) is 11.4 Å². The summed E-state index contributed by atoms with van der Waals surface area (Å²) in [6, 6.07) is 5.34. The van der Waals surface area contributed by atoms with E-state index in [-0.39, 0.29) is 11.9 Å². The number of nitrogen functional groups attached to an aromatic ring is 1. The average Bonchev–Trinajstić information content (AvgIpc) is 2.92. The molecule has 0 heterocycles. The minimum absolute atomic E-state index is 0.0405. The summed E-state index contributed by atoms with van der Waals surface area (Å²) in [4.78, 5) is 14.1. The molecule has 3 N–H and O–H groups in total. The molecule has 0 aliphatic heterocycles. The first-order chi connectivity index (χ1) is 9.49. The summed E-state index contributed by atoms with van der Waals surface area (Å²) in [5, 5.41) is 3.72. The Morgan fingerprint density at radius 3 is 2.75 bits per heavy atom. The highest BCUT2D eigenvalue weighted by Crippen LogP contribution is 2.27. The van der Waals surface area contributed by atoms with Crippen molar-refractivity contribution in [2.45, 2.75) is 44.7 Å². The molecule has 5 heteroatoms. The summed E-state index contributed by atoms with van der Waals surface area (Å²) in [5.74, 6) is 0.0405. The van der Waals surface area contributed by atoms with E-state index in [1.54, 1.807) is 18.2 Å². The number of halogens is 1. The van der Waals surface area contributed by atoms with Crippen molar-refractivity contribution in [3.63, 3.8) is 0 Å². The number of nitrogens with one attached hydrogen (secondary N) is 1. The van der Waals surface area contributed by atoms with Crippen molar-refractivity contribution >= 4 is 28.9 Å². The van der Waals surface area contributed by atoms with Crippen LogP contribution >= 0.6 is 11.6 Å². The average molecular weight is 296 g/mol. The molecule has 1 atom stereocenters. The first-order valence-electron chi connectivity index (χ1n) is 7.07. The fourth-order valence-electron chi connectivity index (χ4n) is 2.60. The smallest absolute Gasteiger partial charge is 0.242 e. The Balaban J connectivity index is 2.05. The summed E-state index contributed by atoms with van der Waals surface area (Å²) < 4.78 is 0. The number of benzene rings is 1. The SMILES string of the molecule is CC(C(=O)NC1CCCC1)N(C)c1cc(Cl)ccc1N. The molecule has 2 rings (SSSR count). The predicted molar refractivity (Wildman–Crippen MR) is 84.1 cm³/mol. The lowest BCUT2D eigenvalue weighted by molar-refractivity contribution is -0.122. The van der Waals surface area contributed by atoms with Gasteiger partial charge in [0.1, 0.15) is 6.04 Å². The third-order valence-corrected chi connectivity index (χ3v) is 4.27. The van der Waals surface area contributed by atoms with E-state index in [1.165, 1.54) is 12.8 Å². The number of nitrogens with zero attached hydrogens (tertiary/aromatic N) is 1. The number of rotatable bonds is 4. The van der Waals surface area contributed by atoms with Crippen LogP contribution in [0.25, 0.3) is 0 Å². The minimum Gasteiger partial charge on any atom is -0.397 e. The molecule has 0 aromatic heterocycles. The van der Waals surface area contributed by atoms with Gasteiger partial charge >= 0.3 is 0 Å². The fraction of sp³-hybridized carbons (Fsp3) is 0.533. The third kappa shape index (κ3) is 3.37. The highest BCUT2D eigenvalue weighted by atomic mass is 35.5. The fourth-order valence-corrected chi connectivity index (χ4v) is 2.77. The van der Waals surface area contributed by atoms with Crippen molar-refractivity contribution in [3.8, 4) is 0 Å². The van der Waals surface area contributed by atoms with Crippen LogP contribution < -0.4 is 16.0 Å². The van der Waals surface area contributed by atoms with Crippen molar-refractivity contribution < 1.29 is 4.79 Å². The second-order valence-electron chi connectivity index (χ2n) is 5.48. The molecule has 0 radical (unpaired) electrons. The van der Waals surface area contributed by atoms with Crippen LogP contribution in [0.4, 0.5) is 11.4 Å². The van der Waals surface area contributed by atoms with E-state index in [0.717, 1.165) is 18.5 Å². The van der Waals surface area contributed by atoms with Gasteiger partial charge in [0.2, 0.25) is 5.91 Å². The lowest BCUT2D eigenvalue weighted by atomic mass is 10.2. The lowest BCUT2D eigenvalue weighted by Crippen LogP contribution is -2.46. The van der Waals surface area contributed by atoms with Gasteiger partial charge in [-0.2, -0.15) is 0 Å². The number of hydrogen-bond acceptors (Lipinski definition) is 3. The van der Waals surface area contributed by atoms with Crippen molar-refractivity contribution in [3.05, 3.63) is 23.2 Å². The molecule has 1 aromatic rings. The molecule has 1 unspecified atom stereocenters. The molecule has 1 aliphatic carbocycles. The highest BCUT2D eigenvalue weighted by molar-refractivity contribution is 6.31. The van der Waals surface area contributed by atoms with Crippen LogP contribution in [0.5, 0.6) is 0 Å². The van der Waals surface area contributed by atoms with Gasteiger partial charge in [0.25, 0.3) is 0 Å². The second-order valence-corrected chi connectivity index (χ2v) is 5.92. The number of likely N-dealkylation sites (N-methyl/N-ethyl adjacent to an activating group) is 1. The monoisotopic (exact) mass is 295 g/mol. The maximum Gasteiger partial charge on any atom is 0.242 e. The van der Waals surface area contributed by atoms with Gasteiger partial charge in [0.15, 0.2) is 0 Å². The molecule has 0 spiro atoms. The largest absolute Gasteiger partial charge is 0.397 e. The normalized spacial score (nSPS) is 16.9. The van der Waals surface area contributed by atoms with E-state index in [0.29, 0.717) is 16.8 Å². The molecular weight excluding hydrogens is 274 g/mol. The molecule has 1 aliphatic rings. The summed E-state index contributed by atoms with van der Waals surface area (Å²) in [7, 11) is 1.86. The summed E-state index contributed by atoms with van der Waals surface area (Å²) >= 11 is 6.00. The number of carbonyl (C=O) groups is 1. The molecule has 1 amide bonds. The van der Waals surface area contributed by atoms with E-state index in [2.05, 4.69) is 5.32 Å². The van der Waals surface area contributed by atoms with Crippen LogP contribution in [-0.2, 0) is 4.79 Å².